The fraction of sp³-hybridized carbons (Fsp3) is 0.0625. The Balaban J connectivity index is 1.53. The number of aromatic nitrogens is 6. The number of nitrogens with zero attached hydrogens (tertiary/aromatic N) is 4. The number of fused-ring (bicyclic) bond motifs is 1. The van der Waals surface area contributed by atoms with E-state index in [2.05, 4.69) is 30.8 Å². The zero-order chi connectivity index (χ0) is 17.2. The zero-order valence-electron chi connectivity index (χ0n) is 12.9. The molecule has 124 valence electrons. The van der Waals surface area contributed by atoms with Crippen molar-refractivity contribution in [2.45, 2.75) is 6.54 Å². The summed E-state index contributed by atoms with van der Waals surface area (Å²) in [6.45, 7) is 0.271. The Labute approximate surface area is 146 Å². The minimum atomic E-state index is -0.291. The number of para-hydroxylation sites is 2. The van der Waals surface area contributed by atoms with Crippen LogP contribution in [0.1, 0.15) is 16.2 Å². The number of hydrogen-bond donors (Lipinski definition) is 3. The Kier molecular flexibility index (Phi) is 3.87. The molecule has 0 atom stereocenters. The van der Waals surface area contributed by atoms with Gasteiger partial charge in [0.15, 0.2) is 5.21 Å². The van der Waals surface area contributed by atoms with Crippen LogP contribution in [0.4, 0.5) is 0 Å². The summed E-state index contributed by atoms with van der Waals surface area (Å²) in [4.78, 5) is 20.1. The van der Waals surface area contributed by atoms with Crippen LogP contribution in [0.15, 0.2) is 48.8 Å². The van der Waals surface area contributed by atoms with E-state index >= 15 is 0 Å². The van der Waals surface area contributed by atoms with Gasteiger partial charge in [-0.2, -0.15) is 0 Å². The lowest BCUT2D eigenvalue weighted by Crippen LogP contribution is -2.32. The summed E-state index contributed by atoms with van der Waals surface area (Å²) in [6, 6.07) is 12.8. The van der Waals surface area contributed by atoms with Crippen LogP contribution in [0.3, 0.4) is 0 Å². The molecule has 0 bridgehead atoms. The second-order valence-electron chi connectivity index (χ2n) is 5.35. The van der Waals surface area contributed by atoms with Gasteiger partial charge in [0.2, 0.25) is 0 Å². The van der Waals surface area contributed by atoms with Gasteiger partial charge >= 0.3 is 0 Å². The number of amides is 1. The van der Waals surface area contributed by atoms with Gasteiger partial charge in [0.1, 0.15) is 16.6 Å². The van der Waals surface area contributed by atoms with Crippen LogP contribution in [0, 0.1) is 0 Å². The van der Waals surface area contributed by atoms with Crippen molar-refractivity contribution in [2.75, 3.05) is 0 Å². The SMILES string of the molecule is O=C(NCc1nc2ccccc2[nH]1)c1cc(-[n+]2cnn[nH]2)ccc1Cl. The summed E-state index contributed by atoms with van der Waals surface area (Å²) in [5.74, 6) is 0.384. The van der Waals surface area contributed by atoms with Crippen LogP contribution in [-0.4, -0.2) is 31.4 Å². The van der Waals surface area contributed by atoms with Crippen LogP contribution in [0.2, 0.25) is 5.02 Å². The number of imidazole rings is 1. The Morgan fingerprint density at radius 1 is 1.24 bits per heavy atom. The predicted molar refractivity (Wildman–Crippen MR) is 90.2 cm³/mol. The number of benzene rings is 2. The minimum Gasteiger partial charge on any atom is -0.345 e. The Morgan fingerprint density at radius 2 is 2.12 bits per heavy atom. The minimum absolute atomic E-state index is 0.271. The van der Waals surface area contributed by atoms with Crippen LogP contribution < -0.4 is 10.00 Å². The van der Waals surface area contributed by atoms with Gasteiger partial charge in [-0.25, -0.2) is 4.98 Å². The van der Waals surface area contributed by atoms with Gasteiger partial charge in [-0.15, -0.1) is 4.68 Å². The maximum atomic E-state index is 12.5. The maximum absolute atomic E-state index is 12.5. The molecule has 8 nitrogen and oxygen atoms in total. The molecule has 0 aliphatic carbocycles. The summed E-state index contributed by atoms with van der Waals surface area (Å²) < 4.78 is 1.58. The summed E-state index contributed by atoms with van der Waals surface area (Å²) in [5.41, 5.74) is 2.84. The van der Waals surface area contributed by atoms with E-state index in [1.807, 2.05) is 24.3 Å². The lowest BCUT2D eigenvalue weighted by molar-refractivity contribution is -0.660. The first-order valence-corrected chi connectivity index (χ1v) is 7.88. The second kappa shape index (κ2) is 6.33. The molecule has 0 aliphatic heterocycles. The van der Waals surface area contributed by atoms with E-state index in [9.17, 15) is 4.79 Å². The first-order chi connectivity index (χ1) is 12.2. The number of carbonyl (C=O) groups is 1. The highest BCUT2D eigenvalue weighted by Crippen LogP contribution is 2.18. The van der Waals surface area contributed by atoms with Gasteiger partial charge < -0.3 is 10.3 Å². The van der Waals surface area contributed by atoms with Gasteiger partial charge in [-0.3, -0.25) is 4.79 Å². The van der Waals surface area contributed by atoms with Gasteiger partial charge in [0, 0.05) is 0 Å². The average Bonchev–Trinajstić information content (AvgIpc) is 3.29. The van der Waals surface area contributed by atoms with Crippen molar-refractivity contribution in [3.05, 3.63) is 65.2 Å². The lowest BCUT2D eigenvalue weighted by atomic mass is 10.2. The third-order valence-electron chi connectivity index (χ3n) is 3.70. The van der Waals surface area contributed by atoms with Crippen LogP contribution in [-0.2, 0) is 6.54 Å². The molecular formula is C16H13ClN7O+. The molecule has 1 amide bonds. The van der Waals surface area contributed by atoms with E-state index in [1.165, 1.54) is 6.33 Å². The number of H-pyrrole nitrogens is 2. The predicted octanol–water partition coefficient (Wildman–Crippen LogP) is 1.54. The van der Waals surface area contributed by atoms with Gasteiger partial charge in [0.05, 0.1) is 28.2 Å². The fourth-order valence-electron chi connectivity index (χ4n) is 2.49. The average molecular weight is 355 g/mol. The molecule has 0 radical (unpaired) electrons. The number of halogens is 1. The van der Waals surface area contributed by atoms with Gasteiger partial charge in [-0.1, -0.05) is 28.9 Å². The third-order valence-corrected chi connectivity index (χ3v) is 4.03. The molecule has 2 heterocycles. The second-order valence-corrected chi connectivity index (χ2v) is 5.76. The van der Waals surface area contributed by atoms with E-state index in [0.29, 0.717) is 22.1 Å². The van der Waals surface area contributed by atoms with Crippen molar-refractivity contribution in [3.8, 4) is 5.69 Å². The summed E-state index contributed by atoms with van der Waals surface area (Å²) in [6.07, 6.45) is 1.50. The largest absolute Gasteiger partial charge is 0.345 e. The lowest BCUT2D eigenvalue weighted by Gasteiger charge is -2.06. The van der Waals surface area contributed by atoms with Crippen molar-refractivity contribution >= 4 is 28.5 Å². The fourth-order valence-corrected chi connectivity index (χ4v) is 2.69. The zero-order valence-corrected chi connectivity index (χ0v) is 13.7. The standard InChI is InChI=1S/C16H12ClN7O/c17-12-6-5-10(24-9-19-22-23-24)7-11(12)16(25)18-8-15-20-13-3-1-2-4-14(13)21-15/h1-7,9H,8H2,(H2,18,20,21,25)/p+1. The Hall–Kier alpha value is -3.26. The van der Waals surface area contributed by atoms with Crippen molar-refractivity contribution in [2.24, 2.45) is 0 Å². The molecule has 2 aromatic carbocycles. The van der Waals surface area contributed by atoms with Crippen molar-refractivity contribution in [1.82, 2.24) is 30.8 Å². The number of carbonyl (C=O) groups excluding carboxylic acids is 1. The maximum Gasteiger partial charge on any atom is 0.293 e. The molecule has 0 aliphatic rings. The molecule has 3 N–H and O–H groups in total. The van der Waals surface area contributed by atoms with E-state index in [0.717, 1.165) is 11.0 Å². The molecule has 0 saturated carbocycles. The number of hydrogen-bond acceptors (Lipinski definition) is 4. The molecule has 0 saturated heterocycles. The highest BCUT2D eigenvalue weighted by atomic mass is 35.5. The number of nitrogens with one attached hydrogen (secondary N) is 3. The van der Waals surface area contributed by atoms with Crippen LogP contribution in [0.25, 0.3) is 16.7 Å². The van der Waals surface area contributed by atoms with Crippen molar-refractivity contribution in [3.63, 3.8) is 0 Å². The third kappa shape index (κ3) is 3.07. The Morgan fingerprint density at radius 3 is 2.92 bits per heavy atom. The molecule has 0 spiro atoms. The van der Waals surface area contributed by atoms with E-state index in [4.69, 9.17) is 11.6 Å². The molecule has 9 heteroatoms. The molecule has 4 rings (SSSR count). The summed E-state index contributed by atoms with van der Waals surface area (Å²) in [7, 11) is 0. The molecule has 2 aromatic heterocycles. The number of aromatic amines is 2. The topological polar surface area (TPSA) is 103 Å². The smallest absolute Gasteiger partial charge is 0.293 e. The van der Waals surface area contributed by atoms with Crippen LogP contribution >= 0.6 is 11.6 Å². The first kappa shape index (κ1) is 15.3. The normalized spacial score (nSPS) is 10.9. The molecule has 4 aromatic rings. The summed E-state index contributed by atoms with van der Waals surface area (Å²) in [5, 5.41) is 13.2. The number of rotatable bonds is 4. The molecular weight excluding hydrogens is 342 g/mol. The van der Waals surface area contributed by atoms with E-state index in [1.54, 1.807) is 22.9 Å². The van der Waals surface area contributed by atoms with Crippen molar-refractivity contribution < 1.29 is 9.48 Å². The monoisotopic (exact) mass is 354 g/mol. The molecule has 25 heavy (non-hydrogen) atoms. The highest BCUT2D eigenvalue weighted by Gasteiger charge is 2.14. The van der Waals surface area contributed by atoms with Gasteiger partial charge in [-0.05, 0) is 30.3 Å². The quantitative estimate of drug-likeness (QED) is 0.484. The van der Waals surface area contributed by atoms with E-state index in [-0.39, 0.29) is 12.5 Å². The Bertz CT molecular complexity index is 1010. The summed E-state index contributed by atoms with van der Waals surface area (Å²) >= 11 is 6.16. The highest BCUT2D eigenvalue weighted by molar-refractivity contribution is 6.33. The van der Waals surface area contributed by atoms with Crippen molar-refractivity contribution in [1.29, 1.82) is 0 Å². The van der Waals surface area contributed by atoms with Crippen LogP contribution in [0.5, 0.6) is 0 Å². The first-order valence-electron chi connectivity index (χ1n) is 7.50. The van der Waals surface area contributed by atoms with Gasteiger partial charge in [0.25, 0.3) is 12.2 Å². The molecule has 0 unspecified atom stereocenters. The van der Waals surface area contributed by atoms with E-state index < -0.39 is 0 Å². The molecule has 0 fully saturated rings. The number of tetrazole rings is 1.